The van der Waals surface area contributed by atoms with Gasteiger partial charge in [-0.25, -0.2) is 9.97 Å². The first-order valence-electron chi connectivity index (χ1n) is 6.64. The van der Waals surface area contributed by atoms with Crippen LogP contribution in [0.3, 0.4) is 0 Å². The number of para-hydroxylation sites is 1. The van der Waals surface area contributed by atoms with Crippen LogP contribution in [0.5, 0.6) is 0 Å². The SMILES string of the molecule is CC(C)CC(C)(O)CNc1ncnc2ccccc12. The molecule has 0 bridgehead atoms. The van der Waals surface area contributed by atoms with Crippen molar-refractivity contribution in [3.05, 3.63) is 30.6 Å². The predicted molar refractivity (Wildman–Crippen MR) is 78.1 cm³/mol. The van der Waals surface area contributed by atoms with Crippen LogP contribution in [0.1, 0.15) is 27.2 Å². The second kappa shape index (κ2) is 5.53. The van der Waals surface area contributed by atoms with Crippen molar-refractivity contribution in [1.82, 2.24) is 9.97 Å². The van der Waals surface area contributed by atoms with E-state index in [4.69, 9.17) is 0 Å². The maximum absolute atomic E-state index is 10.3. The third-order valence-electron chi connectivity index (χ3n) is 3.03. The van der Waals surface area contributed by atoms with Crippen LogP contribution in [0.4, 0.5) is 5.82 Å². The highest BCUT2D eigenvalue weighted by Gasteiger charge is 2.21. The third kappa shape index (κ3) is 3.64. The molecule has 1 heterocycles. The number of anilines is 1. The van der Waals surface area contributed by atoms with Crippen LogP contribution in [0.25, 0.3) is 10.9 Å². The Labute approximate surface area is 113 Å². The van der Waals surface area contributed by atoms with Gasteiger partial charge in [-0.15, -0.1) is 0 Å². The van der Waals surface area contributed by atoms with Gasteiger partial charge in [0.1, 0.15) is 12.1 Å². The molecule has 0 spiro atoms. The van der Waals surface area contributed by atoms with Crippen molar-refractivity contribution in [1.29, 1.82) is 0 Å². The Balaban J connectivity index is 2.14. The second-order valence-electron chi connectivity index (χ2n) is 5.69. The molecule has 0 saturated heterocycles. The Bertz CT molecular complexity index is 547. The lowest BCUT2D eigenvalue weighted by Crippen LogP contribution is -2.35. The van der Waals surface area contributed by atoms with Crippen molar-refractivity contribution in [2.45, 2.75) is 32.8 Å². The zero-order chi connectivity index (χ0) is 13.9. The van der Waals surface area contributed by atoms with E-state index in [0.29, 0.717) is 12.5 Å². The van der Waals surface area contributed by atoms with E-state index in [1.54, 1.807) is 6.33 Å². The lowest BCUT2D eigenvalue weighted by atomic mass is 9.94. The van der Waals surface area contributed by atoms with E-state index in [1.165, 1.54) is 0 Å². The van der Waals surface area contributed by atoms with Gasteiger partial charge in [0.05, 0.1) is 11.1 Å². The average molecular weight is 259 g/mol. The van der Waals surface area contributed by atoms with Gasteiger partial charge < -0.3 is 10.4 Å². The summed E-state index contributed by atoms with van der Waals surface area (Å²) in [6.45, 7) is 6.54. The molecule has 0 aliphatic heterocycles. The summed E-state index contributed by atoms with van der Waals surface area (Å²) < 4.78 is 0. The van der Waals surface area contributed by atoms with E-state index in [9.17, 15) is 5.11 Å². The second-order valence-corrected chi connectivity index (χ2v) is 5.69. The van der Waals surface area contributed by atoms with Crippen LogP contribution in [0, 0.1) is 5.92 Å². The lowest BCUT2D eigenvalue weighted by molar-refractivity contribution is 0.0515. The summed E-state index contributed by atoms with van der Waals surface area (Å²) in [5, 5.41) is 14.5. The van der Waals surface area contributed by atoms with Gasteiger partial charge in [-0.05, 0) is 31.4 Å². The van der Waals surface area contributed by atoms with Gasteiger partial charge in [0.25, 0.3) is 0 Å². The Morgan fingerprint density at radius 2 is 2.00 bits per heavy atom. The van der Waals surface area contributed by atoms with Crippen molar-refractivity contribution in [2.75, 3.05) is 11.9 Å². The predicted octanol–water partition coefficient (Wildman–Crippen LogP) is 2.84. The van der Waals surface area contributed by atoms with Crippen molar-refractivity contribution in [2.24, 2.45) is 5.92 Å². The van der Waals surface area contributed by atoms with Crippen molar-refractivity contribution in [3.63, 3.8) is 0 Å². The summed E-state index contributed by atoms with van der Waals surface area (Å²) in [7, 11) is 0. The average Bonchev–Trinajstić information content (AvgIpc) is 2.35. The molecule has 4 nitrogen and oxygen atoms in total. The third-order valence-corrected chi connectivity index (χ3v) is 3.03. The summed E-state index contributed by atoms with van der Waals surface area (Å²) in [5.41, 5.74) is 0.170. The van der Waals surface area contributed by atoms with Crippen LogP contribution in [0.2, 0.25) is 0 Å². The molecule has 0 radical (unpaired) electrons. The molecule has 2 rings (SSSR count). The highest BCUT2D eigenvalue weighted by atomic mass is 16.3. The Morgan fingerprint density at radius 1 is 1.26 bits per heavy atom. The lowest BCUT2D eigenvalue weighted by Gasteiger charge is -2.26. The molecule has 0 aliphatic rings. The van der Waals surface area contributed by atoms with E-state index in [2.05, 4.69) is 29.1 Å². The smallest absolute Gasteiger partial charge is 0.137 e. The van der Waals surface area contributed by atoms with Gasteiger partial charge >= 0.3 is 0 Å². The van der Waals surface area contributed by atoms with Crippen LogP contribution >= 0.6 is 0 Å². The molecule has 102 valence electrons. The molecule has 0 aliphatic carbocycles. The largest absolute Gasteiger partial charge is 0.388 e. The summed E-state index contributed by atoms with van der Waals surface area (Å²) in [6.07, 6.45) is 2.30. The zero-order valence-electron chi connectivity index (χ0n) is 11.7. The van der Waals surface area contributed by atoms with Gasteiger partial charge in [-0.1, -0.05) is 26.0 Å². The van der Waals surface area contributed by atoms with Gasteiger partial charge in [0.15, 0.2) is 0 Å². The number of nitrogens with zero attached hydrogens (tertiary/aromatic N) is 2. The maximum Gasteiger partial charge on any atom is 0.137 e. The number of aromatic nitrogens is 2. The van der Waals surface area contributed by atoms with E-state index in [1.807, 2.05) is 31.2 Å². The number of fused-ring (bicyclic) bond motifs is 1. The fraction of sp³-hybridized carbons (Fsp3) is 0.467. The monoisotopic (exact) mass is 259 g/mol. The van der Waals surface area contributed by atoms with E-state index in [-0.39, 0.29) is 0 Å². The minimum atomic E-state index is -0.736. The molecule has 1 aromatic heterocycles. The molecule has 19 heavy (non-hydrogen) atoms. The minimum absolute atomic E-state index is 0.457. The van der Waals surface area contributed by atoms with Gasteiger partial charge in [0.2, 0.25) is 0 Å². The van der Waals surface area contributed by atoms with E-state index >= 15 is 0 Å². The molecular weight excluding hydrogens is 238 g/mol. The highest BCUT2D eigenvalue weighted by molar-refractivity contribution is 5.88. The quantitative estimate of drug-likeness (QED) is 0.867. The Hall–Kier alpha value is -1.68. The van der Waals surface area contributed by atoms with Crippen molar-refractivity contribution in [3.8, 4) is 0 Å². The number of nitrogens with one attached hydrogen (secondary N) is 1. The topological polar surface area (TPSA) is 58.0 Å². The van der Waals surface area contributed by atoms with Crippen LogP contribution in [0.15, 0.2) is 30.6 Å². The molecule has 2 N–H and O–H groups in total. The maximum atomic E-state index is 10.3. The van der Waals surface area contributed by atoms with Crippen molar-refractivity contribution >= 4 is 16.7 Å². The Morgan fingerprint density at radius 3 is 2.74 bits per heavy atom. The first-order valence-corrected chi connectivity index (χ1v) is 6.64. The fourth-order valence-corrected chi connectivity index (χ4v) is 2.37. The normalized spacial score (nSPS) is 14.6. The number of hydrogen-bond donors (Lipinski definition) is 2. The molecule has 0 amide bonds. The summed E-state index contributed by atoms with van der Waals surface area (Å²) in [4.78, 5) is 8.48. The number of aliphatic hydroxyl groups is 1. The van der Waals surface area contributed by atoms with Gasteiger partial charge in [0, 0.05) is 11.9 Å². The summed E-state index contributed by atoms with van der Waals surface area (Å²) in [6, 6.07) is 7.85. The molecular formula is C15H21N3O. The minimum Gasteiger partial charge on any atom is -0.388 e. The first kappa shape index (κ1) is 13.7. The van der Waals surface area contributed by atoms with Gasteiger partial charge in [-0.3, -0.25) is 0 Å². The Kier molecular flexibility index (Phi) is 4.00. The summed E-state index contributed by atoms with van der Waals surface area (Å²) in [5.74, 6) is 1.23. The molecule has 0 saturated carbocycles. The number of benzene rings is 1. The van der Waals surface area contributed by atoms with Gasteiger partial charge in [-0.2, -0.15) is 0 Å². The molecule has 1 unspecified atom stereocenters. The highest BCUT2D eigenvalue weighted by Crippen LogP contribution is 2.21. The fourth-order valence-electron chi connectivity index (χ4n) is 2.37. The standard InChI is InChI=1S/C15H21N3O/c1-11(2)8-15(3,19)9-16-14-12-6-4-5-7-13(12)17-10-18-14/h4-7,10-11,19H,8-9H2,1-3H3,(H,16,17,18). The molecule has 4 heteroatoms. The molecule has 0 fully saturated rings. The first-order chi connectivity index (χ1) is 8.98. The van der Waals surface area contributed by atoms with Crippen LogP contribution in [-0.2, 0) is 0 Å². The molecule has 2 aromatic rings. The van der Waals surface area contributed by atoms with Crippen LogP contribution < -0.4 is 5.32 Å². The van der Waals surface area contributed by atoms with Crippen LogP contribution in [-0.4, -0.2) is 27.2 Å². The molecule has 1 aromatic carbocycles. The van der Waals surface area contributed by atoms with E-state index in [0.717, 1.165) is 23.1 Å². The molecule has 1 atom stereocenters. The van der Waals surface area contributed by atoms with Crippen molar-refractivity contribution < 1.29 is 5.11 Å². The zero-order valence-corrected chi connectivity index (χ0v) is 11.7. The number of rotatable bonds is 5. The van der Waals surface area contributed by atoms with E-state index < -0.39 is 5.60 Å². The summed E-state index contributed by atoms with van der Waals surface area (Å²) >= 11 is 0. The number of hydrogen-bond acceptors (Lipinski definition) is 4.